The number of rotatable bonds is 4. The Balaban J connectivity index is 1.44. The van der Waals surface area contributed by atoms with Gasteiger partial charge in [-0.2, -0.15) is 5.26 Å². The van der Waals surface area contributed by atoms with Crippen LogP contribution < -0.4 is 10.2 Å². The van der Waals surface area contributed by atoms with Crippen molar-refractivity contribution in [1.29, 1.82) is 5.26 Å². The summed E-state index contributed by atoms with van der Waals surface area (Å²) in [6.07, 6.45) is 0.952. The van der Waals surface area contributed by atoms with E-state index in [-0.39, 0.29) is 23.1 Å². The van der Waals surface area contributed by atoms with Gasteiger partial charge in [-0.15, -0.1) is 10.2 Å². The molecular formula is C23H27N5O2. The SMILES string of the molecule is CC(C)(C)c1ccc(C2(C(=O)N[C@H]3CN(c4ccc(C#N)nn4)C[C@H]3O)CC2)cc1. The lowest BCUT2D eigenvalue weighted by Gasteiger charge is -2.23. The molecular weight excluding hydrogens is 378 g/mol. The van der Waals surface area contributed by atoms with Gasteiger partial charge >= 0.3 is 0 Å². The van der Waals surface area contributed by atoms with Crippen molar-refractivity contribution in [3.63, 3.8) is 0 Å². The topological polar surface area (TPSA) is 102 Å². The van der Waals surface area contributed by atoms with Gasteiger partial charge in [0.05, 0.1) is 17.6 Å². The predicted molar refractivity (Wildman–Crippen MR) is 113 cm³/mol. The monoisotopic (exact) mass is 405 g/mol. The summed E-state index contributed by atoms with van der Waals surface area (Å²) >= 11 is 0. The zero-order chi connectivity index (χ0) is 21.5. The van der Waals surface area contributed by atoms with Crippen LogP contribution >= 0.6 is 0 Å². The number of aromatic nitrogens is 2. The average Bonchev–Trinajstić information content (AvgIpc) is 3.47. The molecule has 1 saturated carbocycles. The fourth-order valence-electron chi connectivity index (χ4n) is 4.04. The molecule has 1 aromatic heterocycles. The van der Waals surface area contributed by atoms with Crippen molar-refractivity contribution in [3.05, 3.63) is 53.2 Å². The fourth-order valence-corrected chi connectivity index (χ4v) is 4.04. The highest BCUT2D eigenvalue weighted by Crippen LogP contribution is 2.48. The van der Waals surface area contributed by atoms with E-state index in [0.717, 1.165) is 18.4 Å². The summed E-state index contributed by atoms with van der Waals surface area (Å²) in [5.74, 6) is 0.562. The Bertz CT molecular complexity index is 969. The summed E-state index contributed by atoms with van der Waals surface area (Å²) in [6.45, 7) is 7.33. The number of nitriles is 1. The Kier molecular flexibility index (Phi) is 4.99. The number of anilines is 1. The van der Waals surface area contributed by atoms with E-state index in [2.05, 4.69) is 60.6 Å². The third-order valence-electron chi connectivity index (χ3n) is 6.18. The van der Waals surface area contributed by atoms with E-state index in [0.29, 0.717) is 18.9 Å². The lowest BCUT2D eigenvalue weighted by molar-refractivity contribution is -0.124. The maximum Gasteiger partial charge on any atom is 0.231 e. The van der Waals surface area contributed by atoms with Crippen molar-refractivity contribution in [2.75, 3.05) is 18.0 Å². The number of carbonyl (C=O) groups is 1. The first-order valence-corrected chi connectivity index (χ1v) is 10.3. The van der Waals surface area contributed by atoms with Gasteiger partial charge in [0.2, 0.25) is 5.91 Å². The summed E-state index contributed by atoms with van der Waals surface area (Å²) in [6, 6.07) is 13.2. The van der Waals surface area contributed by atoms with Crippen molar-refractivity contribution < 1.29 is 9.90 Å². The van der Waals surface area contributed by atoms with Crippen LogP contribution in [0.5, 0.6) is 0 Å². The largest absolute Gasteiger partial charge is 0.389 e. The second-order valence-electron chi connectivity index (χ2n) is 9.35. The van der Waals surface area contributed by atoms with Crippen LogP contribution in [0.2, 0.25) is 0 Å². The van der Waals surface area contributed by atoms with Crippen LogP contribution in [0.4, 0.5) is 5.82 Å². The Morgan fingerprint density at radius 2 is 1.87 bits per heavy atom. The predicted octanol–water partition coefficient (Wildman–Crippen LogP) is 2.04. The highest BCUT2D eigenvalue weighted by molar-refractivity contribution is 5.91. The molecule has 2 aromatic rings. The second-order valence-corrected chi connectivity index (χ2v) is 9.35. The number of amides is 1. The van der Waals surface area contributed by atoms with Gasteiger partial charge in [-0.05, 0) is 41.5 Å². The molecule has 1 aliphatic carbocycles. The van der Waals surface area contributed by atoms with E-state index in [1.165, 1.54) is 5.56 Å². The minimum Gasteiger partial charge on any atom is -0.389 e. The molecule has 1 amide bonds. The molecule has 7 nitrogen and oxygen atoms in total. The zero-order valence-corrected chi connectivity index (χ0v) is 17.6. The van der Waals surface area contributed by atoms with Crippen LogP contribution in [-0.2, 0) is 15.6 Å². The van der Waals surface area contributed by atoms with Gasteiger partial charge in [0.1, 0.15) is 6.07 Å². The molecule has 2 atom stereocenters. The number of nitrogens with zero attached hydrogens (tertiary/aromatic N) is 4. The van der Waals surface area contributed by atoms with Crippen LogP contribution in [0.1, 0.15) is 50.4 Å². The van der Waals surface area contributed by atoms with Crippen molar-refractivity contribution >= 4 is 11.7 Å². The summed E-state index contributed by atoms with van der Waals surface area (Å²) in [7, 11) is 0. The second kappa shape index (κ2) is 7.37. The van der Waals surface area contributed by atoms with Gasteiger partial charge in [0.25, 0.3) is 0 Å². The lowest BCUT2D eigenvalue weighted by atomic mass is 9.85. The quantitative estimate of drug-likeness (QED) is 0.807. The number of hydrogen-bond donors (Lipinski definition) is 2. The third-order valence-corrected chi connectivity index (χ3v) is 6.18. The van der Waals surface area contributed by atoms with Crippen molar-refractivity contribution in [3.8, 4) is 6.07 Å². The van der Waals surface area contributed by atoms with Crippen molar-refractivity contribution in [2.45, 2.75) is 56.6 Å². The molecule has 0 radical (unpaired) electrons. The van der Waals surface area contributed by atoms with E-state index in [1.54, 1.807) is 12.1 Å². The zero-order valence-electron chi connectivity index (χ0n) is 17.6. The van der Waals surface area contributed by atoms with Gasteiger partial charge in [0, 0.05) is 13.1 Å². The van der Waals surface area contributed by atoms with Gasteiger partial charge in [-0.1, -0.05) is 45.0 Å². The van der Waals surface area contributed by atoms with E-state index >= 15 is 0 Å². The first-order chi connectivity index (χ1) is 14.2. The molecule has 2 heterocycles. The Morgan fingerprint density at radius 3 is 2.40 bits per heavy atom. The third kappa shape index (κ3) is 3.75. The number of benzene rings is 1. The summed E-state index contributed by atoms with van der Waals surface area (Å²) in [5.41, 5.74) is 2.11. The highest BCUT2D eigenvalue weighted by atomic mass is 16.3. The maximum atomic E-state index is 13.1. The number of hydrogen-bond acceptors (Lipinski definition) is 6. The smallest absolute Gasteiger partial charge is 0.231 e. The van der Waals surface area contributed by atoms with Crippen molar-refractivity contribution in [2.24, 2.45) is 0 Å². The van der Waals surface area contributed by atoms with Gasteiger partial charge in [0.15, 0.2) is 11.5 Å². The number of aliphatic hydroxyl groups is 1. The van der Waals surface area contributed by atoms with Crippen molar-refractivity contribution in [1.82, 2.24) is 15.5 Å². The number of carbonyl (C=O) groups excluding carboxylic acids is 1. The normalized spacial score (nSPS) is 22.4. The van der Waals surface area contributed by atoms with E-state index in [4.69, 9.17) is 5.26 Å². The van der Waals surface area contributed by atoms with Gasteiger partial charge in [-0.25, -0.2) is 0 Å². The Morgan fingerprint density at radius 1 is 1.17 bits per heavy atom. The molecule has 4 rings (SSSR count). The molecule has 2 fully saturated rings. The van der Waals surface area contributed by atoms with E-state index < -0.39 is 11.5 Å². The number of nitrogens with one attached hydrogen (secondary N) is 1. The van der Waals surface area contributed by atoms with Crippen LogP contribution in [0.15, 0.2) is 36.4 Å². The molecule has 2 aliphatic rings. The number of aliphatic hydroxyl groups excluding tert-OH is 1. The first-order valence-electron chi connectivity index (χ1n) is 10.3. The molecule has 1 aromatic carbocycles. The van der Waals surface area contributed by atoms with Gasteiger partial charge in [-0.3, -0.25) is 4.79 Å². The molecule has 2 N–H and O–H groups in total. The van der Waals surface area contributed by atoms with Gasteiger partial charge < -0.3 is 15.3 Å². The van der Waals surface area contributed by atoms with Crippen LogP contribution in [0.3, 0.4) is 0 Å². The van der Waals surface area contributed by atoms with E-state index in [9.17, 15) is 9.90 Å². The Hall–Kier alpha value is -2.98. The molecule has 1 aliphatic heterocycles. The molecule has 0 unspecified atom stereocenters. The van der Waals surface area contributed by atoms with Crippen LogP contribution in [0.25, 0.3) is 0 Å². The van der Waals surface area contributed by atoms with Crippen LogP contribution in [-0.4, -0.2) is 46.4 Å². The summed E-state index contributed by atoms with van der Waals surface area (Å²) < 4.78 is 0. The molecule has 30 heavy (non-hydrogen) atoms. The number of β-amino-alcohol motifs (C(OH)–C–C–N with tert-alkyl or cyclic N) is 1. The molecule has 7 heteroatoms. The minimum atomic E-state index is -0.689. The molecule has 0 bridgehead atoms. The standard InChI is InChI=1S/C23H27N5O2/c1-22(2,3)15-4-6-16(7-5-15)23(10-11-23)21(30)25-18-13-28(14-19(18)29)20-9-8-17(12-24)26-27-20/h4-9,18-19,29H,10-11,13-14H2,1-3H3,(H,25,30)/t18-,19+/m0/s1. The Labute approximate surface area is 176 Å². The highest BCUT2D eigenvalue weighted by Gasteiger charge is 2.52. The maximum absolute atomic E-state index is 13.1. The first kappa shape index (κ1) is 20.3. The van der Waals surface area contributed by atoms with Crippen LogP contribution in [0, 0.1) is 11.3 Å². The molecule has 156 valence electrons. The van der Waals surface area contributed by atoms with E-state index in [1.807, 2.05) is 11.0 Å². The molecule has 0 spiro atoms. The fraction of sp³-hybridized carbons (Fsp3) is 0.478. The minimum absolute atomic E-state index is 0.0252. The lowest BCUT2D eigenvalue weighted by Crippen LogP contribution is -2.47. The average molecular weight is 406 g/mol. The summed E-state index contributed by atoms with van der Waals surface area (Å²) in [4.78, 5) is 15.0. The molecule has 1 saturated heterocycles. The summed E-state index contributed by atoms with van der Waals surface area (Å²) in [5, 5.41) is 30.3.